The molecule has 2 aliphatic rings. The minimum Gasteiger partial charge on any atom is -0.328 e. The Bertz CT molecular complexity index is 1230. The second-order valence-corrected chi connectivity index (χ2v) is 10.6. The molecule has 1 fully saturated rings. The highest BCUT2D eigenvalue weighted by Crippen LogP contribution is 2.27. The zero-order chi connectivity index (χ0) is 22.8. The molecule has 1 amide bonds. The Morgan fingerprint density at radius 2 is 1.79 bits per heavy atom. The number of carbonyl (C=O) groups excluding carboxylic acids is 1. The average Bonchev–Trinajstić information content (AvgIpc) is 3.29. The number of aryl methyl sites for hydroxylation is 1. The highest BCUT2D eigenvalue weighted by atomic mass is 32.2. The minimum atomic E-state index is -3.57. The molecule has 8 nitrogen and oxygen atoms in total. The molecule has 0 atom stereocenters. The van der Waals surface area contributed by atoms with E-state index in [-0.39, 0.29) is 16.7 Å². The van der Waals surface area contributed by atoms with Crippen LogP contribution in [0.5, 0.6) is 0 Å². The van der Waals surface area contributed by atoms with Crippen molar-refractivity contribution in [1.29, 1.82) is 0 Å². The Morgan fingerprint density at radius 1 is 1.00 bits per heavy atom. The molecule has 1 aromatic carbocycles. The van der Waals surface area contributed by atoms with Crippen molar-refractivity contribution in [2.75, 3.05) is 18.4 Å². The van der Waals surface area contributed by atoms with Gasteiger partial charge < -0.3 is 9.88 Å². The fourth-order valence-electron chi connectivity index (χ4n) is 4.62. The second kappa shape index (κ2) is 9.07. The lowest BCUT2D eigenvalue weighted by Crippen LogP contribution is -2.41. The number of hydrogen-bond acceptors (Lipinski definition) is 5. The first kappa shape index (κ1) is 21.8. The number of rotatable bonds is 5. The van der Waals surface area contributed by atoms with Crippen molar-refractivity contribution in [3.8, 4) is 11.4 Å². The molecule has 5 rings (SSSR count). The Kier molecular flexibility index (Phi) is 5.99. The van der Waals surface area contributed by atoms with Gasteiger partial charge in [0.05, 0.1) is 0 Å². The number of piperidine rings is 1. The van der Waals surface area contributed by atoms with Crippen LogP contribution in [0.1, 0.15) is 31.4 Å². The van der Waals surface area contributed by atoms with Gasteiger partial charge in [-0.1, -0.05) is 0 Å². The Hall–Kier alpha value is -3.04. The fourth-order valence-corrected chi connectivity index (χ4v) is 6.05. The van der Waals surface area contributed by atoms with Crippen molar-refractivity contribution < 1.29 is 13.2 Å². The monoisotopic (exact) mass is 465 g/mol. The summed E-state index contributed by atoms with van der Waals surface area (Å²) in [5, 5.41) is 2.99. The van der Waals surface area contributed by atoms with E-state index in [2.05, 4.69) is 19.9 Å². The van der Waals surface area contributed by atoms with Gasteiger partial charge in [0.15, 0.2) is 0 Å². The Balaban J connectivity index is 1.19. The van der Waals surface area contributed by atoms with Crippen molar-refractivity contribution in [3.63, 3.8) is 0 Å². The molecule has 0 saturated carbocycles. The lowest BCUT2D eigenvalue weighted by atomic mass is 9.97. The standard InChI is InChI=1S/C24H27N5O3S/c30-24(19-10-14-28(15-11-19)33(31,32)22-5-3-12-25-17-22)27-20-8-6-18(7-9-20)23-26-16-21-4-1-2-13-29(21)23/h3,5-9,12,16-17,19H,1-2,4,10-11,13-15H2,(H,27,30). The third-order valence-corrected chi connectivity index (χ3v) is 8.39. The van der Waals surface area contributed by atoms with E-state index in [9.17, 15) is 13.2 Å². The Morgan fingerprint density at radius 3 is 2.52 bits per heavy atom. The number of pyridine rings is 1. The summed E-state index contributed by atoms with van der Waals surface area (Å²) in [7, 11) is -3.57. The van der Waals surface area contributed by atoms with E-state index in [0.717, 1.165) is 30.0 Å². The number of aromatic nitrogens is 3. The van der Waals surface area contributed by atoms with Crippen molar-refractivity contribution in [2.24, 2.45) is 5.92 Å². The lowest BCUT2D eigenvalue weighted by Gasteiger charge is -2.30. The van der Waals surface area contributed by atoms with E-state index in [0.29, 0.717) is 25.9 Å². The quantitative estimate of drug-likeness (QED) is 0.623. The summed E-state index contributed by atoms with van der Waals surface area (Å²) in [6.07, 6.45) is 9.31. The first-order chi connectivity index (χ1) is 16.0. The predicted octanol–water partition coefficient (Wildman–Crippen LogP) is 3.32. The van der Waals surface area contributed by atoms with Gasteiger partial charge in [0, 0.05) is 61.1 Å². The van der Waals surface area contributed by atoms with Gasteiger partial charge in [-0.2, -0.15) is 4.31 Å². The molecule has 3 aromatic rings. The topological polar surface area (TPSA) is 97.2 Å². The second-order valence-electron chi connectivity index (χ2n) is 8.62. The zero-order valence-electron chi connectivity index (χ0n) is 18.4. The van der Waals surface area contributed by atoms with Gasteiger partial charge in [0.25, 0.3) is 0 Å². The molecule has 33 heavy (non-hydrogen) atoms. The number of imidazole rings is 1. The first-order valence-corrected chi connectivity index (χ1v) is 12.8. The van der Waals surface area contributed by atoms with Crippen LogP contribution in [0, 0.1) is 5.92 Å². The normalized spacial score (nSPS) is 17.5. The molecule has 1 saturated heterocycles. The zero-order valence-corrected chi connectivity index (χ0v) is 19.2. The number of benzene rings is 1. The molecule has 2 aliphatic heterocycles. The van der Waals surface area contributed by atoms with Crippen molar-refractivity contribution in [3.05, 3.63) is 60.7 Å². The molecule has 9 heteroatoms. The van der Waals surface area contributed by atoms with Crippen LogP contribution in [0.4, 0.5) is 5.69 Å². The maximum atomic E-state index is 12.8. The summed E-state index contributed by atoms with van der Waals surface area (Å²) >= 11 is 0. The van der Waals surface area contributed by atoms with Crippen LogP contribution in [0.3, 0.4) is 0 Å². The molecule has 172 valence electrons. The van der Waals surface area contributed by atoms with Crippen molar-refractivity contribution in [2.45, 2.75) is 43.5 Å². The van der Waals surface area contributed by atoms with Gasteiger partial charge in [0.2, 0.25) is 15.9 Å². The van der Waals surface area contributed by atoms with E-state index in [4.69, 9.17) is 0 Å². The maximum absolute atomic E-state index is 12.8. The molecule has 2 aromatic heterocycles. The van der Waals surface area contributed by atoms with Gasteiger partial charge >= 0.3 is 0 Å². The number of fused-ring (bicyclic) bond motifs is 1. The number of carbonyl (C=O) groups is 1. The summed E-state index contributed by atoms with van der Waals surface area (Å²) in [5.74, 6) is 0.688. The van der Waals surface area contributed by atoms with E-state index < -0.39 is 10.0 Å². The van der Waals surface area contributed by atoms with Crippen molar-refractivity contribution in [1.82, 2.24) is 18.8 Å². The van der Waals surface area contributed by atoms with Crippen molar-refractivity contribution >= 4 is 21.6 Å². The SMILES string of the molecule is O=C(Nc1ccc(-c2ncc3n2CCCC3)cc1)C1CCN(S(=O)(=O)c2cccnc2)CC1. The molecule has 0 spiro atoms. The molecule has 0 bridgehead atoms. The van der Waals surface area contributed by atoms with E-state index in [1.807, 2.05) is 30.5 Å². The molecule has 0 radical (unpaired) electrons. The van der Waals surface area contributed by atoms with Crippen LogP contribution >= 0.6 is 0 Å². The highest BCUT2D eigenvalue weighted by molar-refractivity contribution is 7.89. The molecule has 0 unspecified atom stereocenters. The number of anilines is 1. The molecule has 0 aliphatic carbocycles. The summed E-state index contributed by atoms with van der Waals surface area (Å²) < 4.78 is 29.2. The highest BCUT2D eigenvalue weighted by Gasteiger charge is 2.32. The summed E-state index contributed by atoms with van der Waals surface area (Å²) in [6.45, 7) is 1.64. The van der Waals surface area contributed by atoms with Crippen LogP contribution in [0.25, 0.3) is 11.4 Å². The van der Waals surface area contributed by atoms with Gasteiger partial charge in [-0.05, 0) is 68.5 Å². The lowest BCUT2D eigenvalue weighted by molar-refractivity contribution is -0.120. The van der Waals surface area contributed by atoms with Gasteiger partial charge in [-0.25, -0.2) is 13.4 Å². The predicted molar refractivity (Wildman–Crippen MR) is 125 cm³/mol. The van der Waals surface area contributed by atoms with E-state index in [1.165, 1.54) is 29.0 Å². The third kappa shape index (κ3) is 4.43. The molecule has 4 heterocycles. The maximum Gasteiger partial charge on any atom is 0.244 e. The number of sulfonamides is 1. The molecule has 1 N–H and O–H groups in total. The van der Waals surface area contributed by atoms with Gasteiger partial charge in [0.1, 0.15) is 10.7 Å². The molecular formula is C24H27N5O3S. The van der Waals surface area contributed by atoms with Crippen LogP contribution in [0.15, 0.2) is 59.9 Å². The number of amides is 1. The van der Waals surface area contributed by atoms with Crippen LogP contribution < -0.4 is 5.32 Å². The number of nitrogens with one attached hydrogen (secondary N) is 1. The fraction of sp³-hybridized carbons (Fsp3) is 0.375. The van der Waals surface area contributed by atoms with Gasteiger partial charge in [-0.3, -0.25) is 9.78 Å². The number of nitrogens with zero attached hydrogens (tertiary/aromatic N) is 4. The number of hydrogen-bond donors (Lipinski definition) is 1. The van der Waals surface area contributed by atoms with E-state index in [1.54, 1.807) is 18.3 Å². The van der Waals surface area contributed by atoms with Gasteiger partial charge in [-0.15, -0.1) is 0 Å². The Labute approximate surface area is 193 Å². The van der Waals surface area contributed by atoms with Crippen LogP contribution in [-0.4, -0.2) is 46.3 Å². The summed E-state index contributed by atoms with van der Waals surface area (Å²) in [4.78, 5) is 21.5. The summed E-state index contributed by atoms with van der Waals surface area (Å²) in [5.41, 5.74) is 3.06. The average molecular weight is 466 g/mol. The van der Waals surface area contributed by atoms with Crippen LogP contribution in [0.2, 0.25) is 0 Å². The minimum absolute atomic E-state index is 0.0700. The van der Waals surface area contributed by atoms with E-state index >= 15 is 0 Å². The largest absolute Gasteiger partial charge is 0.328 e. The third-order valence-electron chi connectivity index (χ3n) is 6.51. The summed E-state index contributed by atoms with van der Waals surface area (Å²) in [6, 6.07) is 10.9. The van der Waals surface area contributed by atoms with Crippen LogP contribution in [-0.2, 0) is 27.8 Å². The first-order valence-electron chi connectivity index (χ1n) is 11.4. The smallest absolute Gasteiger partial charge is 0.244 e. The molecular weight excluding hydrogens is 438 g/mol.